The van der Waals surface area contributed by atoms with Crippen LogP contribution in [-0.2, 0) is 15.9 Å². The maximum Gasteiger partial charge on any atom is 0.355 e. The van der Waals surface area contributed by atoms with Crippen LogP contribution in [-0.4, -0.2) is 66.4 Å². The Morgan fingerprint density at radius 1 is 1.15 bits per heavy atom. The summed E-state index contributed by atoms with van der Waals surface area (Å²) in [6, 6.07) is 8.26. The van der Waals surface area contributed by atoms with Crippen molar-refractivity contribution in [2.45, 2.75) is 12.8 Å². The number of likely N-dealkylation sites (tertiary alicyclic amines) is 1. The molecule has 3 atom stereocenters. The highest BCUT2D eigenvalue weighted by atomic mass is 27.0. The molecule has 144 valence electrons. The lowest BCUT2D eigenvalue weighted by Gasteiger charge is -2.44. The predicted octanol–water partition coefficient (Wildman–Crippen LogP) is 2.55. The Morgan fingerprint density at radius 3 is 2.37 bits per heavy atom. The first-order valence-corrected chi connectivity index (χ1v) is 10.6. The van der Waals surface area contributed by atoms with Gasteiger partial charge < -0.3 is 19.3 Å². The molecule has 1 saturated heterocycles. The molecule has 1 aliphatic heterocycles. The van der Waals surface area contributed by atoms with Crippen LogP contribution in [0.1, 0.15) is 12.0 Å². The number of methoxy groups -OCH3 is 2. The summed E-state index contributed by atoms with van der Waals surface area (Å²) in [6.07, 6.45) is 6.72. The highest BCUT2D eigenvalue weighted by Gasteiger charge is 2.38. The van der Waals surface area contributed by atoms with Crippen molar-refractivity contribution in [3.8, 4) is 0 Å². The lowest BCUT2D eigenvalue weighted by molar-refractivity contribution is -0.917. The number of anilines is 1. The Bertz CT molecular complexity index is 744. The van der Waals surface area contributed by atoms with Crippen LogP contribution in [0.2, 0.25) is 0 Å². The van der Waals surface area contributed by atoms with Crippen LogP contribution in [0.25, 0.3) is 0 Å². The van der Waals surface area contributed by atoms with E-state index in [-0.39, 0.29) is 4.77 Å². The summed E-state index contributed by atoms with van der Waals surface area (Å²) >= 11 is 0.525. The zero-order valence-corrected chi connectivity index (χ0v) is 18.8. The topological polar surface area (TPSA) is 47.6 Å². The highest BCUT2D eigenvalue weighted by Crippen LogP contribution is 2.36. The number of piperidine rings is 1. The quantitative estimate of drug-likeness (QED) is 0.605. The van der Waals surface area contributed by atoms with Crippen molar-refractivity contribution >= 4 is 26.7 Å². The molecule has 3 rings (SSSR count). The lowest BCUT2D eigenvalue weighted by Crippen LogP contribution is -2.54. The highest BCUT2D eigenvalue weighted by molar-refractivity contribution is 6.60. The zero-order valence-electron chi connectivity index (χ0n) is 16.8. The van der Waals surface area contributed by atoms with E-state index in [9.17, 15) is 4.79 Å². The van der Waals surface area contributed by atoms with Crippen LogP contribution in [0.5, 0.6) is 0 Å². The normalized spacial score (nSPS) is 27.1. The predicted molar refractivity (Wildman–Crippen MR) is 110 cm³/mol. The minimum absolute atomic E-state index is 0.102. The molecule has 1 fully saturated rings. The van der Waals surface area contributed by atoms with Gasteiger partial charge in [0.1, 0.15) is 4.77 Å². The second-order valence-electron chi connectivity index (χ2n) is 7.96. The third kappa shape index (κ3) is 4.96. The van der Waals surface area contributed by atoms with Crippen LogP contribution < -0.4 is 5.32 Å². The fourth-order valence-electron chi connectivity index (χ4n) is 4.24. The smallest absolute Gasteiger partial charge is 0.355 e. The molecule has 0 saturated carbocycles. The Morgan fingerprint density at radius 2 is 1.78 bits per heavy atom. The third-order valence-corrected chi connectivity index (χ3v) is 6.08. The Balaban J connectivity index is 1.61. The van der Waals surface area contributed by atoms with E-state index < -0.39 is 0 Å². The van der Waals surface area contributed by atoms with Crippen LogP contribution in [0.3, 0.4) is 0 Å². The molecule has 0 radical (unpaired) electrons. The number of hydrogen-bond donors (Lipinski definition) is 1. The van der Waals surface area contributed by atoms with Crippen molar-refractivity contribution in [2.24, 2.45) is 11.8 Å². The molecule has 6 heteroatoms. The molecular weight excluding hydrogens is 355 g/mol. The molecule has 27 heavy (non-hydrogen) atoms. The summed E-state index contributed by atoms with van der Waals surface area (Å²) < 4.78 is 12.2. The van der Waals surface area contributed by atoms with E-state index in [2.05, 4.69) is 36.6 Å². The van der Waals surface area contributed by atoms with Gasteiger partial charge in [0.15, 0.2) is 11.5 Å². The SMILES string of the molecule is COC1=CC2CC[N+](C)(CCc3ccc(N[C](=O)[AlH2])cc3)CC2C=C1OC. The number of fused-ring (bicyclic) bond motifs is 1. The fourth-order valence-corrected chi connectivity index (χ4v) is 4.53. The van der Waals surface area contributed by atoms with E-state index in [1.165, 1.54) is 18.5 Å². The van der Waals surface area contributed by atoms with Crippen LogP contribution in [0.4, 0.5) is 10.5 Å². The molecular formula is C21H30AlN2O3+. The molecule has 1 aromatic rings. The van der Waals surface area contributed by atoms with E-state index in [1.54, 1.807) is 14.2 Å². The summed E-state index contributed by atoms with van der Waals surface area (Å²) in [5.41, 5.74) is 2.21. The van der Waals surface area contributed by atoms with Gasteiger partial charge in [-0.3, -0.25) is 4.79 Å². The summed E-state index contributed by atoms with van der Waals surface area (Å²) in [4.78, 5) is 11.2. The first-order valence-electron chi connectivity index (χ1n) is 9.64. The van der Waals surface area contributed by atoms with E-state index in [4.69, 9.17) is 9.47 Å². The van der Waals surface area contributed by atoms with Gasteiger partial charge in [-0.25, -0.2) is 0 Å². The number of ether oxygens (including phenoxy) is 2. The number of nitrogens with zero attached hydrogens (tertiary/aromatic N) is 1. The number of benzene rings is 1. The van der Waals surface area contributed by atoms with Gasteiger partial charge in [0.05, 0.1) is 40.9 Å². The lowest BCUT2D eigenvalue weighted by atomic mass is 9.80. The standard InChI is InChI=1S/C21H28N2O3.Al.2H/c1-23(10-8-16-4-6-19(7-5-16)22-15-24)11-9-17-12-20(25-2)21(26-3)13-18(17)14-23;;;/h4-7,12-13,17-18H,8-11,14H2,1-3H3,(H,22,24);;;/q+1;;;. The molecule has 0 aromatic heterocycles. The summed E-state index contributed by atoms with van der Waals surface area (Å²) in [6.45, 7) is 3.42. The van der Waals surface area contributed by atoms with Crippen molar-refractivity contribution in [2.75, 3.05) is 46.2 Å². The maximum atomic E-state index is 11.2. The first-order chi connectivity index (χ1) is 12.9. The number of hydrogen-bond acceptors (Lipinski definition) is 3. The van der Waals surface area contributed by atoms with Gasteiger partial charge in [-0.15, -0.1) is 0 Å². The van der Waals surface area contributed by atoms with Gasteiger partial charge in [0, 0.05) is 24.4 Å². The molecule has 5 nitrogen and oxygen atoms in total. The zero-order chi connectivity index (χ0) is 19.4. The molecule has 2 aliphatic rings. The molecule has 1 N–H and O–H groups in total. The Labute approximate surface area is 170 Å². The molecule has 0 spiro atoms. The van der Waals surface area contributed by atoms with Gasteiger partial charge >= 0.3 is 16.3 Å². The molecule has 0 bridgehead atoms. The molecule has 3 unspecified atom stereocenters. The Kier molecular flexibility index (Phi) is 6.31. The van der Waals surface area contributed by atoms with Gasteiger partial charge in [-0.1, -0.05) is 12.1 Å². The van der Waals surface area contributed by atoms with Crippen molar-refractivity contribution in [3.05, 3.63) is 53.5 Å². The van der Waals surface area contributed by atoms with E-state index >= 15 is 0 Å². The fraction of sp³-hybridized carbons (Fsp3) is 0.476. The molecule has 1 aliphatic carbocycles. The van der Waals surface area contributed by atoms with Gasteiger partial charge in [0.25, 0.3) is 0 Å². The minimum Gasteiger partial charge on any atom is -0.493 e. The average Bonchev–Trinajstić information content (AvgIpc) is 2.66. The second-order valence-corrected chi connectivity index (χ2v) is 8.87. The third-order valence-electron chi connectivity index (χ3n) is 5.83. The van der Waals surface area contributed by atoms with Crippen molar-refractivity contribution < 1.29 is 18.8 Å². The number of quaternary nitrogens is 1. The van der Waals surface area contributed by atoms with Crippen molar-refractivity contribution in [3.63, 3.8) is 0 Å². The van der Waals surface area contributed by atoms with Crippen LogP contribution in [0.15, 0.2) is 47.9 Å². The summed E-state index contributed by atoms with van der Waals surface area (Å²) in [7, 11) is 5.78. The maximum absolute atomic E-state index is 11.2. The molecule has 1 aromatic carbocycles. The number of rotatable bonds is 6. The summed E-state index contributed by atoms with van der Waals surface area (Å²) in [5.74, 6) is 2.79. The number of nitrogens with one attached hydrogen (secondary N) is 1. The number of carbonyl (C=O) groups is 1. The van der Waals surface area contributed by atoms with Gasteiger partial charge in [0.2, 0.25) is 0 Å². The largest absolute Gasteiger partial charge is 0.493 e. The van der Waals surface area contributed by atoms with Crippen molar-refractivity contribution in [1.29, 1.82) is 0 Å². The van der Waals surface area contributed by atoms with E-state index in [0.29, 0.717) is 28.1 Å². The molecule has 1 heterocycles. The minimum atomic E-state index is 0.102. The summed E-state index contributed by atoms with van der Waals surface area (Å²) in [5, 5.41) is 2.88. The number of likely N-dealkylation sites (N-methyl/N-ethyl adjacent to an activating group) is 1. The van der Waals surface area contributed by atoms with Crippen LogP contribution >= 0.6 is 0 Å². The monoisotopic (exact) mass is 385 g/mol. The second kappa shape index (κ2) is 8.52. The number of allylic oxidation sites excluding steroid dienone is 1. The average molecular weight is 385 g/mol. The number of carbonyl (C=O) groups excluding carboxylic acids is 1. The van der Waals surface area contributed by atoms with Gasteiger partial charge in [-0.2, -0.15) is 0 Å². The van der Waals surface area contributed by atoms with Crippen LogP contribution in [0, 0.1) is 11.8 Å². The van der Waals surface area contributed by atoms with Crippen molar-refractivity contribution in [1.82, 2.24) is 0 Å². The van der Waals surface area contributed by atoms with Gasteiger partial charge in [-0.05, 0) is 35.8 Å². The number of amides is 1. The first kappa shape index (κ1) is 20.0. The van der Waals surface area contributed by atoms with E-state index in [1.807, 2.05) is 12.1 Å². The van der Waals surface area contributed by atoms with E-state index in [0.717, 1.165) is 41.2 Å². The molecule has 1 amide bonds. The Hall–Kier alpha value is -1.74.